The van der Waals surface area contributed by atoms with Crippen molar-refractivity contribution in [3.05, 3.63) is 23.9 Å². The van der Waals surface area contributed by atoms with Gasteiger partial charge in [-0.2, -0.15) is 0 Å². The molecule has 3 heterocycles. The van der Waals surface area contributed by atoms with E-state index in [9.17, 15) is 5.11 Å². The minimum Gasteiger partial charge on any atom is -0.387 e. The van der Waals surface area contributed by atoms with E-state index in [1.54, 1.807) is 6.20 Å². The van der Waals surface area contributed by atoms with Gasteiger partial charge >= 0.3 is 0 Å². The number of hydrogen-bond acceptors (Lipinski definition) is 5. The maximum absolute atomic E-state index is 10.9. The summed E-state index contributed by atoms with van der Waals surface area (Å²) < 4.78 is 0. The molecule has 0 radical (unpaired) electrons. The Kier molecular flexibility index (Phi) is 4.42. The van der Waals surface area contributed by atoms with E-state index in [1.165, 1.54) is 12.8 Å². The second-order valence-electron chi connectivity index (χ2n) is 6.57. The lowest BCUT2D eigenvalue weighted by atomic mass is 9.92. The highest BCUT2D eigenvalue weighted by molar-refractivity contribution is 5.38. The molecule has 1 aromatic heterocycles. The fourth-order valence-corrected chi connectivity index (χ4v) is 3.65. The van der Waals surface area contributed by atoms with Gasteiger partial charge in [-0.1, -0.05) is 6.07 Å². The Labute approximate surface area is 126 Å². The molecule has 0 spiro atoms. The molecule has 5 nitrogen and oxygen atoms in total. The summed E-state index contributed by atoms with van der Waals surface area (Å²) in [5, 5.41) is 10.9. The highest BCUT2D eigenvalue weighted by Crippen LogP contribution is 2.25. The highest BCUT2D eigenvalue weighted by atomic mass is 16.3. The molecule has 1 unspecified atom stereocenters. The number of β-amino-alcohol motifs (C(OH)–C–C–N with tert-alkyl or cyclic N) is 1. The van der Waals surface area contributed by atoms with Crippen LogP contribution in [0, 0.1) is 0 Å². The van der Waals surface area contributed by atoms with E-state index in [2.05, 4.69) is 14.8 Å². The molecule has 2 aliphatic heterocycles. The Morgan fingerprint density at radius 1 is 1.19 bits per heavy atom. The fraction of sp³-hybridized carbons (Fsp3) is 0.688. The fourth-order valence-electron chi connectivity index (χ4n) is 3.65. The number of rotatable bonds is 4. The van der Waals surface area contributed by atoms with Crippen LogP contribution in [-0.4, -0.2) is 58.2 Å². The Hall–Kier alpha value is -1.17. The van der Waals surface area contributed by atoms with Gasteiger partial charge in [-0.05, 0) is 51.4 Å². The van der Waals surface area contributed by atoms with Crippen LogP contribution < -0.4 is 5.73 Å². The molecule has 5 heteroatoms. The molecule has 0 aliphatic carbocycles. The van der Waals surface area contributed by atoms with Crippen LogP contribution in [0.2, 0.25) is 0 Å². The number of nitrogens with zero attached hydrogens (tertiary/aromatic N) is 3. The van der Waals surface area contributed by atoms with Crippen molar-refractivity contribution < 1.29 is 5.11 Å². The highest BCUT2D eigenvalue weighted by Gasteiger charge is 2.35. The van der Waals surface area contributed by atoms with Gasteiger partial charge in [0.05, 0.1) is 5.60 Å². The smallest absolute Gasteiger partial charge is 0.127 e. The van der Waals surface area contributed by atoms with Gasteiger partial charge in [-0.25, -0.2) is 4.98 Å². The lowest BCUT2D eigenvalue weighted by Gasteiger charge is -2.41. The van der Waals surface area contributed by atoms with E-state index in [4.69, 9.17) is 5.73 Å². The first-order valence-electron chi connectivity index (χ1n) is 8.01. The Morgan fingerprint density at radius 2 is 1.95 bits per heavy atom. The van der Waals surface area contributed by atoms with Crippen LogP contribution in [-0.2, 0) is 6.54 Å². The Morgan fingerprint density at radius 3 is 2.71 bits per heavy atom. The van der Waals surface area contributed by atoms with Gasteiger partial charge < -0.3 is 15.7 Å². The molecule has 0 saturated carbocycles. The minimum absolute atomic E-state index is 0.570. The summed E-state index contributed by atoms with van der Waals surface area (Å²) in [5.41, 5.74) is 6.42. The molecular formula is C16H26N4O. The van der Waals surface area contributed by atoms with E-state index >= 15 is 0 Å². The summed E-state index contributed by atoms with van der Waals surface area (Å²) in [4.78, 5) is 8.86. The summed E-state index contributed by atoms with van der Waals surface area (Å²) >= 11 is 0. The normalized spacial score (nSPS) is 28.0. The quantitative estimate of drug-likeness (QED) is 0.869. The van der Waals surface area contributed by atoms with Gasteiger partial charge in [0.15, 0.2) is 0 Å². The molecular weight excluding hydrogens is 264 g/mol. The number of nitrogens with two attached hydrogens (primary N) is 1. The predicted octanol–water partition coefficient (Wildman–Crippen LogP) is 1.09. The Bertz CT molecular complexity index is 475. The zero-order valence-corrected chi connectivity index (χ0v) is 12.7. The molecule has 1 atom stereocenters. The average Bonchev–Trinajstić information content (AvgIpc) is 2.93. The SMILES string of the molecule is Nc1ncccc1CN1CCCC(O)(CN2CCCC2)C1. The van der Waals surface area contributed by atoms with Crippen LogP contribution >= 0.6 is 0 Å². The molecule has 1 aromatic rings. The van der Waals surface area contributed by atoms with Gasteiger partial charge in [0, 0.05) is 31.4 Å². The number of aliphatic hydroxyl groups is 1. The molecule has 0 amide bonds. The standard InChI is InChI=1S/C16H26N4O/c17-15-14(5-3-7-18-15)11-20-10-4-6-16(21,13-20)12-19-8-1-2-9-19/h3,5,7,21H,1-2,4,6,8-13H2,(H2,17,18). The molecule has 116 valence electrons. The summed E-state index contributed by atoms with van der Waals surface area (Å²) in [5.74, 6) is 0.603. The van der Waals surface area contributed by atoms with E-state index < -0.39 is 5.60 Å². The number of aromatic nitrogens is 1. The molecule has 2 fully saturated rings. The van der Waals surface area contributed by atoms with Crippen LogP contribution in [0.25, 0.3) is 0 Å². The van der Waals surface area contributed by atoms with Crippen molar-refractivity contribution in [2.45, 2.75) is 37.8 Å². The third-order valence-electron chi connectivity index (χ3n) is 4.67. The third-order valence-corrected chi connectivity index (χ3v) is 4.67. The number of piperidine rings is 1. The van der Waals surface area contributed by atoms with Crippen molar-refractivity contribution >= 4 is 5.82 Å². The molecule has 2 aliphatic rings. The number of nitrogen functional groups attached to an aromatic ring is 1. The van der Waals surface area contributed by atoms with Crippen molar-refractivity contribution in [2.75, 3.05) is 38.5 Å². The molecule has 2 saturated heterocycles. The molecule has 21 heavy (non-hydrogen) atoms. The number of hydrogen-bond donors (Lipinski definition) is 2. The first kappa shape index (κ1) is 14.8. The lowest BCUT2D eigenvalue weighted by Crippen LogP contribution is -2.53. The summed E-state index contributed by atoms with van der Waals surface area (Å²) in [6.45, 7) is 5.62. The number of likely N-dealkylation sites (tertiary alicyclic amines) is 2. The molecule has 3 N–H and O–H groups in total. The van der Waals surface area contributed by atoms with Gasteiger partial charge in [0.2, 0.25) is 0 Å². The number of pyridine rings is 1. The Balaban J connectivity index is 1.61. The average molecular weight is 290 g/mol. The van der Waals surface area contributed by atoms with Gasteiger partial charge in [0.25, 0.3) is 0 Å². The van der Waals surface area contributed by atoms with Crippen LogP contribution in [0.3, 0.4) is 0 Å². The molecule has 0 bridgehead atoms. The maximum Gasteiger partial charge on any atom is 0.127 e. The monoisotopic (exact) mass is 290 g/mol. The van der Waals surface area contributed by atoms with Crippen molar-refractivity contribution in [2.24, 2.45) is 0 Å². The first-order chi connectivity index (χ1) is 10.1. The van der Waals surface area contributed by atoms with Crippen molar-refractivity contribution in [3.63, 3.8) is 0 Å². The topological polar surface area (TPSA) is 65.6 Å². The molecule has 3 rings (SSSR count). The van der Waals surface area contributed by atoms with E-state index in [-0.39, 0.29) is 0 Å². The lowest BCUT2D eigenvalue weighted by molar-refractivity contribution is -0.0519. The maximum atomic E-state index is 10.9. The van der Waals surface area contributed by atoms with E-state index in [0.29, 0.717) is 5.82 Å². The zero-order chi connectivity index (χ0) is 14.7. The number of anilines is 1. The van der Waals surface area contributed by atoms with Crippen LogP contribution in [0.1, 0.15) is 31.2 Å². The second-order valence-corrected chi connectivity index (χ2v) is 6.57. The summed E-state index contributed by atoms with van der Waals surface area (Å²) in [6.07, 6.45) is 6.21. The van der Waals surface area contributed by atoms with Crippen LogP contribution in [0.15, 0.2) is 18.3 Å². The predicted molar refractivity (Wildman–Crippen MR) is 83.8 cm³/mol. The third kappa shape index (κ3) is 3.73. The van der Waals surface area contributed by atoms with Crippen molar-refractivity contribution in [3.8, 4) is 0 Å². The van der Waals surface area contributed by atoms with Crippen molar-refractivity contribution in [1.82, 2.24) is 14.8 Å². The van der Waals surface area contributed by atoms with E-state index in [0.717, 1.165) is 57.7 Å². The molecule has 0 aromatic carbocycles. The van der Waals surface area contributed by atoms with Gasteiger partial charge in [0.1, 0.15) is 5.82 Å². The second kappa shape index (κ2) is 6.30. The van der Waals surface area contributed by atoms with E-state index in [1.807, 2.05) is 12.1 Å². The van der Waals surface area contributed by atoms with Gasteiger partial charge in [-0.3, -0.25) is 4.90 Å². The summed E-state index contributed by atoms with van der Waals surface area (Å²) in [6, 6.07) is 3.95. The van der Waals surface area contributed by atoms with Crippen LogP contribution in [0.4, 0.5) is 5.82 Å². The first-order valence-corrected chi connectivity index (χ1v) is 8.01. The van der Waals surface area contributed by atoms with Crippen molar-refractivity contribution in [1.29, 1.82) is 0 Å². The minimum atomic E-state index is -0.570. The summed E-state index contributed by atoms with van der Waals surface area (Å²) in [7, 11) is 0. The largest absolute Gasteiger partial charge is 0.387 e. The van der Waals surface area contributed by atoms with Crippen LogP contribution in [0.5, 0.6) is 0 Å². The van der Waals surface area contributed by atoms with Gasteiger partial charge in [-0.15, -0.1) is 0 Å². The zero-order valence-electron chi connectivity index (χ0n) is 12.7.